The van der Waals surface area contributed by atoms with Crippen molar-refractivity contribution in [3.05, 3.63) is 35.9 Å². The molecule has 0 spiro atoms. The van der Waals surface area contributed by atoms with E-state index >= 15 is 0 Å². The van der Waals surface area contributed by atoms with Gasteiger partial charge in [0.15, 0.2) is 0 Å². The number of benzene rings is 1. The summed E-state index contributed by atoms with van der Waals surface area (Å²) in [6.45, 7) is 3.24. The summed E-state index contributed by atoms with van der Waals surface area (Å²) >= 11 is 0. The molecule has 0 amide bonds. The largest absolute Gasteiger partial charge is 0.384 e. The summed E-state index contributed by atoms with van der Waals surface area (Å²) in [6, 6.07) is 10.0. The number of aliphatic imine (C=N–C) groups is 1. The first-order chi connectivity index (χ1) is 8.25. The van der Waals surface area contributed by atoms with E-state index in [1.807, 2.05) is 30.3 Å². The Morgan fingerprint density at radius 2 is 2.06 bits per heavy atom. The zero-order chi connectivity index (χ0) is 12.1. The molecule has 0 radical (unpaired) electrons. The van der Waals surface area contributed by atoms with Gasteiger partial charge in [-0.05, 0) is 24.7 Å². The first kappa shape index (κ1) is 12.2. The maximum Gasteiger partial charge on any atom is 0.125 e. The zero-order valence-electron chi connectivity index (χ0n) is 10.6. The molecule has 0 bridgehead atoms. The molecule has 1 aromatic rings. The van der Waals surface area contributed by atoms with Crippen molar-refractivity contribution in [2.75, 3.05) is 6.54 Å². The van der Waals surface area contributed by atoms with Crippen LogP contribution in [0.2, 0.25) is 0 Å². The highest BCUT2D eigenvalue weighted by Gasteiger charge is 2.18. The standard InChI is InChI=1S/C15H22N2/c1-12-6-5-7-13(10-12)11-17-15(16)14-8-3-2-4-9-14/h2-4,8-9,12-13H,5-7,10-11H2,1H3,(H2,16,17). The van der Waals surface area contributed by atoms with E-state index in [1.165, 1.54) is 25.7 Å². The van der Waals surface area contributed by atoms with Gasteiger partial charge in [-0.3, -0.25) is 4.99 Å². The third-order valence-corrected chi connectivity index (χ3v) is 3.63. The third kappa shape index (κ3) is 3.58. The highest BCUT2D eigenvalue weighted by molar-refractivity contribution is 5.97. The number of nitrogens with two attached hydrogens (primary N) is 1. The van der Waals surface area contributed by atoms with E-state index in [4.69, 9.17) is 5.73 Å². The molecule has 2 rings (SSSR count). The molecule has 2 unspecified atom stereocenters. The Kier molecular flexibility index (Phi) is 4.18. The van der Waals surface area contributed by atoms with E-state index in [2.05, 4.69) is 11.9 Å². The predicted molar refractivity (Wildman–Crippen MR) is 73.2 cm³/mol. The van der Waals surface area contributed by atoms with Gasteiger partial charge in [0.05, 0.1) is 0 Å². The Bertz CT molecular complexity index is 370. The number of nitrogens with zero attached hydrogens (tertiary/aromatic N) is 1. The quantitative estimate of drug-likeness (QED) is 0.628. The summed E-state index contributed by atoms with van der Waals surface area (Å²) in [5.74, 6) is 2.28. The Balaban J connectivity index is 1.92. The minimum atomic E-state index is 0.684. The van der Waals surface area contributed by atoms with Crippen molar-refractivity contribution in [3.63, 3.8) is 0 Å². The van der Waals surface area contributed by atoms with Gasteiger partial charge in [-0.15, -0.1) is 0 Å². The maximum absolute atomic E-state index is 6.00. The predicted octanol–water partition coefficient (Wildman–Crippen LogP) is 3.22. The van der Waals surface area contributed by atoms with Gasteiger partial charge in [0.2, 0.25) is 0 Å². The SMILES string of the molecule is CC1CCCC(CN=C(N)c2ccccc2)C1. The van der Waals surface area contributed by atoms with Crippen LogP contribution in [0.5, 0.6) is 0 Å². The van der Waals surface area contributed by atoms with Crippen LogP contribution in [-0.4, -0.2) is 12.4 Å². The van der Waals surface area contributed by atoms with E-state index in [-0.39, 0.29) is 0 Å². The van der Waals surface area contributed by atoms with Crippen molar-refractivity contribution in [2.24, 2.45) is 22.6 Å². The second kappa shape index (κ2) is 5.85. The molecule has 2 heteroatoms. The molecule has 2 nitrogen and oxygen atoms in total. The van der Waals surface area contributed by atoms with Crippen molar-refractivity contribution in [1.82, 2.24) is 0 Å². The number of amidine groups is 1. The Morgan fingerprint density at radius 3 is 2.76 bits per heavy atom. The van der Waals surface area contributed by atoms with Crippen LogP contribution in [-0.2, 0) is 0 Å². The van der Waals surface area contributed by atoms with Crippen LogP contribution >= 0.6 is 0 Å². The van der Waals surface area contributed by atoms with Gasteiger partial charge in [-0.2, -0.15) is 0 Å². The fourth-order valence-corrected chi connectivity index (χ4v) is 2.65. The lowest BCUT2D eigenvalue weighted by molar-refractivity contribution is 0.289. The van der Waals surface area contributed by atoms with E-state index in [1.54, 1.807) is 0 Å². The minimum Gasteiger partial charge on any atom is -0.384 e. The molecule has 0 aliphatic heterocycles. The van der Waals surface area contributed by atoms with Crippen LogP contribution in [0.4, 0.5) is 0 Å². The molecular formula is C15H22N2. The number of hydrogen-bond acceptors (Lipinski definition) is 1. The van der Waals surface area contributed by atoms with Gasteiger partial charge in [0, 0.05) is 12.1 Å². The van der Waals surface area contributed by atoms with Crippen LogP contribution in [0.25, 0.3) is 0 Å². The summed E-state index contributed by atoms with van der Waals surface area (Å²) in [5, 5.41) is 0. The normalized spacial score (nSPS) is 25.8. The van der Waals surface area contributed by atoms with Crippen molar-refractivity contribution in [1.29, 1.82) is 0 Å². The van der Waals surface area contributed by atoms with Gasteiger partial charge in [-0.25, -0.2) is 0 Å². The summed E-state index contributed by atoms with van der Waals surface area (Å²) in [5.41, 5.74) is 7.04. The second-order valence-corrected chi connectivity index (χ2v) is 5.23. The first-order valence-corrected chi connectivity index (χ1v) is 6.61. The molecule has 1 saturated carbocycles. The number of hydrogen-bond donors (Lipinski definition) is 1. The lowest BCUT2D eigenvalue weighted by Gasteiger charge is -2.25. The molecule has 0 heterocycles. The fraction of sp³-hybridized carbons (Fsp3) is 0.533. The van der Waals surface area contributed by atoms with Gasteiger partial charge in [0.1, 0.15) is 5.84 Å². The second-order valence-electron chi connectivity index (χ2n) is 5.23. The molecule has 0 saturated heterocycles. The van der Waals surface area contributed by atoms with Crippen LogP contribution in [0.3, 0.4) is 0 Å². The van der Waals surface area contributed by atoms with Crippen molar-refractivity contribution in [2.45, 2.75) is 32.6 Å². The smallest absolute Gasteiger partial charge is 0.125 e. The molecule has 2 N–H and O–H groups in total. The minimum absolute atomic E-state index is 0.684. The van der Waals surface area contributed by atoms with E-state index in [0.29, 0.717) is 5.84 Å². The van der Waals surface area contributed by atoms with Gasteiger partial charge >= 0.3 is 0 Å². The topological polar surface area (TPSA) is 38.4 Å². The van der Waals surface area contributed by atoms with Crippen LogP contribution in [0.1, 0.15) is 38.2 Å². The summed E-state index contributed by atoms with van der Waals surface area (Å²) in [4.78, 5) is 4.55. The lowest BCUT2D eigenvalue weighted by Crippen LogP contribution is -2.19. The van der Waals surface area contributed by atoms with Crippen LogP contribution in [0, 0.1) is 11.8 Å². The monoisotopic (exact) mass is 230 g/mol. The highest BCUT2D eigenvalue weighted by Crippen LogP contribution is 2.28. The molecule has 1 fully saturated rings. The van der Waals surface area contributed by atoms with Crippen LogP contribution < -0.4 is 5.73 Å². The number of rotatable bonds is 3. The zero-order valence-corrected chi connectivity index (χ0v) is 10.6. The molecule has 0 aromatic heterocycles. The molecule has 92 valence electrons. The van der Waals surface area contributed by atoms with E-state index in [0.717, 1.165) is 23.9 Å². The molecule has 1 aliphatic rings. The van der Waals surface area contributed by atoms with Crippen molar-refractivity contribution < 1.29 is 0 Å². The Labute approximate surface area is 104 Å². The molecule has 1 aromatic carbocycles. The average Bonchev–Trinajstić information content (AvgIpc) is 2.37. The average molecular weight is 230 g/mol. The molecule has 17 heavy (non-hydrogen) atoms. The van der Waals surface area contributed by atoms with Gasteiger partial charge in [0.25, 0.3) is 0 Å². The van der Waals surface area contributed by atoms with Gasteiger partial charge < -0.3 is 5.73 Å². The Morgan fingerprint density at radius 1 is 1.29 bits per heavy atom. The third-order valence-electron chi connectivity index (χ3n) is 3.63. The van der Waals surface area contributed by atoms with E-state index in [9.17, 15) is 0 Å². The molecule has 2 atom stereocenters. The van der Waals surface area contributed by atoms with Crippen LogP contribution in [0.15, 0.2) is 35.3 Å². The summed E-state index contributed by atoms with van der Waals surface area (Å²) < 4.78 is 0. The molecule has 1 aliphatic carbocycles. The summed E-state index contributed by atoms with van der Waals surface area (Å²) in [7, 11) is 0. The fourth-order valence-electron chi connectivity index (χ4n) is 2.65. The first-order valence-electron chi connectivity index (χ1n) is 6.61. The Hall–Kier alpha value is -1.31. The maximum atomic E-state index is 6.00. The van der Waals surface area contributed by atoms with Crippen molar-refractivity contribution in [3.8, 4) is 0 Å². The van der Waals surface area contributed by atoms with Crippen molar-refractivity contribution >= 4 is 5.84 Å². The highest BCUT2D eigenvalue weighted by atomic mass is 14.9. The van der Waals surface area contributed by atoms with E-state index < -0.39 is 0 Å². The summed E-state index contributed by atoms with van der Waals surface area (Å²) in [6.07, 6.45) is 5.36. The molecular weight excluding hydrogens is 208 g/mol. The lowest BCUT2D eigenvalue weighted by atomic mass is 9.82. The van der Waals surface area contributed by atoms with Gasteiger partial charge in [-0.1, -0.05) is 50.1 Å².